The van der Waals surface area contributed by atoms with E-state index in [-0.39, 0.29) is 19.1 Å². The molecule has 1 fully saturated rings. The third kappa shape index (κ3) is 2.41. The highest BCUT2D eigenvalue weighted by Gasteiger charge is 2.44. The predicted molar refractivity (Wildman–Crippen MR) is 73.3 cm³/mol. The van der Waals surface area contributed by atoms with Crippen molar-refractivity contribution in [1.29, 1.82) is 0 Å². The van der Waals surface area contributed by atoms with Crippen LogP contribution in [-0.2, 0) is 9.59 Å². The van der Waals surface area contributed by atoms with Crippen LogP contribution in [0.3, 0.4) is 0 Å². The SMILES string of the molecule is C[C@@]1(C(=O)O)CCN(C(=O)[C@H]2COc3ccccc3O2)C1. The molecule has 0 radical (unpaired) electrons. The largest absolute Gasteiger partial charge is 0.485 e. The Hall–Kier alpha value is -2.24. The number of ether oxygens (including phenoxy) is 2. The summed E-state index contributed by atoms with van der Waals surface area (Å²) in [4.78, 5) is 25.2. The van der Waals surface area contributed by atoms with E-state index >= 15 is 0 Å². The third-order valence-corrected chi connectivity index (χ3v) is 4.09. The van der Waals surface area contributed by atoms with E-state index in [0.717, 1.165) is 0 Å². The number of rotatable bonds is 2. The van der Waals surface area contributed by atoms with Crippen molar-refractivity contribution in [2.75, 3.05) is 19.7 Å². The first kappa shape index (κ1) is 13.7. The van der Waals surface area contributed by atoms with Gasteiger partial charge in [-0.3, -0.25) is 9.59 Å². The standard InChI is InChI=1S/C15H17NO5/c1-15(14(18)19)6-7-16(9-15)13(17)12-8-20-10-4-2-3-5-11(10)21-12/h2-5,12H,6-9H2,1H3,(H,18,19)/t12-,15-/m1/s1. The molecule has 2 atom stereocenters. The lowest BCUT2D eigenvalue weighted by Crippen LogP contribution is -2.46. The van der Waals surface area contributed by atoms with Gasteiger partial charge in [0.2, 0.25) is 6.10 Å². The zero-order valence-electron chi connectivity index (χ0n) is 11.7. The summed E-state index contributed by atoms with van der Waals surface area (Å²) >= 11 is 0. The molecule has 21 heavy (non-hydrogen) atoms. The minimum atomic E-state index is -0.872. The van der Waals surface area contributed by atoms with E-state index in [9.17, 15) is 14.7 Å². The number of carboxylic acids is 1. The smallest absolute Gasteiger partial charge is 0.311 e. The molecule has 2 aliphatic rings. The molecule has 0 spiro atoms. The molecular formula is C15H17NO5. The van der Waals surface area contributed by atoms with Gasteiger partial charge >= 0.3 is 5.97 Å². The van der Waals surface area contributed by atoms with Gasteiger partial charge in [0.25, 0.3) is 5.91 Å². The van der Waals surface area contributed by atoms with Gasteiger partial charge in [-0.15, -0.1) is 0 Å². The number of hydrogen-bond donors (Lipinski definition) is 1. The van der Waals surface area contributed by atoms with E-state index < -0.39 is 17.5 Å². The summed E-state index contributed by atoms with van der Waals surface area (Å²) in [7, 11) is 0. The van der Waals surface area contributed by atoms with E-state index in [0.29, 0.717) is 24.5 Å². The Morgan fingerprint density at radius 1 is 1.33 bits per heavy atom. The van der Waals surface area contributed by atoms with Crippen molar-refractivity contribution in [3.63, 3.8) is 0 Å². The van der Waals surface area contributed by atoms with Crippen LogP contribution in [0.4, 0.5) is 0 Å². The molecule has 0 bridgehead atoms. The molecule has 2 heterocycles. The number of aliphatic carboxylic acids is 1. The van der Waals surface area contributed by atoms with Crippen molar-refractivity contribution >= 4 is 11.9 Å². The fraction of sp³-hybridized carbons (Fsp3) is 0.467. The van der Waals surface area contributed by atoms with Gasteiger partial charge in [0, 0.05) is 13.1 Å². The molecule has 0 aromatic heterocycles. The molecule has 0 unspecified atom stereocenters. The van der Waals surface area contributed by atoms with Crippen molar-refractivity contribution in [3.8, 4) is 11.5 Å². The molecule has 6 heteroatoms. The van der Waals surface area contributed by atoms with Gasteiger partial charge in [-0.25, -0.2) is 0 Å². The monoisotopic (exact) mass is 291 g/mol. The van der Waals surface area contributed by atoms with Crippen molar-refractivity contribution < 1.29 is 24.2 Å². The van der Waals surface area contributed by atoms with Gasteiger partial charge in [-0.1, -0.05) is 12.1 Å². The van der Waals surface area contributed by atoms with Gasteiger partial charge < -0.3 is 19.5 Å². The number of fused-ring (bicyclic) bond motifs is 1. The second kappa shape index (κ2) is 4.95. The molecule has 1 N–H and O–H groups in total. The van der Waals surface area contributed by atoms with Crippen molar-refractivity contribution in [1.82, 2.24) is 4.90 Å². The van der Waals surface area contributed by atoms with E-state index in [4.69, 9.17) is 9.47 Å². The Bertz CT molecular complexity index is 587. The number of likely N-dealkylation sites (tertiary alicyclic amines) is 1. The zero-order chi connectivity index (χ0) is 15.0. The summed E-state index contributed by atoms with van der Waals surface area (Å²) in [6.45, 7) is 2.46. The van der Waals surface area contributed by atoms with E-state index in [1.54, 1.807) is 24.0 Å². The van der Waals surface area contributed by atoms with Crippen LogP contribution in [0.5, 0.6) is 11.5 Å². The Balaban J connectivity index is 1.69. The van der Waals surface area contributed by atoms with Gasteiger partial charge in [-0.05, 0) is 25.5 Å². The maximum absolute atomic E-state index is 12.4. The van der Waals surface area contributed by atoms with Crippen LogP contribution < -0.4 is 9.47 Å². The summed E-state index contributed by atoms with van der Waals surface area (Å²) in [5.74, 6) is 0.0825. The van der Waals surface area contributed by atoms with Gasteiger partial charge in [0.15, 0.2) is 11.5 Å². The maximum Gasteiger partial charge on any atom is 0.311 e. The van der Waals surface area contributed by atoms with Crippen LogP contribution in [0.1, 0.15) is 13.3 Å². The second-order valence-corrected chi connectivity index (χ2v) is 5.74. The molecule has 1 saturated heterocycles. The highest BCUT2D eigenvalue weighted by atomic mass is 16.6. The summed E-state index contributed by atoms with van der Waals surface area (Å²) in [5.41, 5.74) is -0.872. The Kier molecular flexibility index (Phi) is 3.23. The number of carbonyl (C=O) groups excluding carboxylic acids is 1. The number of nitrogens with zero attached hydrogens (tertiary/aromatic N) is 1. The lowest BCUT2D eigenvalue weighted by Gasteiger charge is -2.29. The summed E-state index contributed by atoms with van der Waals surface area (Å²) in [6.07, 6.45) is -0.255. The molecule has 2 aliphatic heterocycles. The average molecular weight is 291 g/mol. The van der Waals surface area contributed by atoms with Gasteiger partial charge in [0.05, 0.1) is 5.41 Å². The van der Waals surface area contributed by atoms with Crippen molar-refractivity contribution in [3.05, 3.63) is 24.3 Å². The lowest BCUT2D eigenvalue weighted by molar-refractivity contribution is -0.148. The van der Waals surface area contributed by atoms with Crippen molar-refractivity contribution in [2.45, 2.75) is 19.4 Å². The number of hydrogen-bond acceptors (Lipinski definition) is 4. The molecule has 6 nitrogen and oxygen atoms in total. The highest BCUT2D eigenvalue weighted by Crippen LogP contribution is 2.34. The van der Waals surface area contributed by atoms with Crippen LogP contribution in [0.15, 0.2) is 24.3 Å². The molecule has 0 aliphatic carbocycles. The van der Waals surface area contributed by atoms with Crippen LogP contribution in [0.25, 0.3) is 0 Å². The fourth-order valence-electron chi connectivity index (χ4n) is 2.67. The number of amides is 1. The summed E-state index contributed by atoms with van der Waals surface area (Å²) in [6, 6.07) is 7.18. The van der Waals surface area contributed by atoms with Gasteiger partial charge in [-0.2, -0.15) is 0 Å². The average Bonchev–Trinajstić information content (AvgIpc) is 2.90. The number of para-hydroxylation sites is 2. The molecular weight excluding hydrogens is 274 g/mol. The number of carbonyl (C=O) groups is 2. The van der Waals surface area contributed by atoms with Gasteiger partial charge in [0.1, 0.15) is 6.61 Å². The Morgan fingerprint density at radius 2 is 2.05 bits per heavy atom. The summed E-state index contributed by atoms with van der Waals surface area (Å²) < 4.78 is 11.2. The van der Waals surface area contributed by atoms with Crippen molar-refractivity contribution in [2.24, 2.45) is 5.41 Å². The lowest BCUT2D eigenvalue weighted by atomic mass is 9.90. The van der Waals surface area contributed by atoms with Crippen LogP contribution in [0.2, 0.25) is 0 Å². The second-order valence-electron chi connectivity index (χ2n) is 5.74. The van der Waals surface area contributed by atoms with Crippen LogP contribution >= 0.6 is 0 Å². The zero-order valence-corrected chi connectivity index (χ0v) is 11.7. The number of benzene rings is 1. The maximum atomic E-state index is 12.4. The molecule has 1 aromatic rings. The molecule has 1 amide bonds. The first-order chi connectivity index (χ1) is 9.99. The molecule has 1 aromatic carbocycles. The van der Waals surface area contributed by atoms with E-state index in [1.165, 1.54) is 0 Å². The molecule has 0 saturated carbocycles. The minimum Gasteiger partial charge on any atom is -0.485 e. The first-order valence-electron chi connectivity index (χ1n) is 6.90. The molecule has 112 valence electrons. The van der Waals surface area contributed by atoms with E-state index in [2.05, 4.69) is 0 Å². The quantitative estimate of drug-likeness (QED) is 0.884. The predicted octanol–water partition coefficient (Wildman–Crippen LogP) is 1.15. The van der Waals surface area contributed by atoms with E-state index in [1.807, 2.05) is 12.1 Å². The van der Waals surface area contributed by atoms with Crippen LogP contribution in [0, 0.1) is 5.41 Å². The summed E-state index contributed by atoms with van der Waals surface area (Å²) in [5, 5.41) is 9.22. The van der Waals surface area contributed by atoms with Crippen LogP contribution in [-0.4, -0.2) is 47.7 Å². The first-order valence-corrected chi connectivity index (χ1v) is 6.90. The minimum absolute atomic E-state index is 0.149. The normalized spacial score (nSPS) is 27.5. The number of carboxylic acid groups (broad SMARTS) is 1. The Labute approximate surface area is 122 Å². The molecule has 3 rings (SSSR count). The highest BCUT2D eigenvalue weighted by molar-refractivity contribution is 5.84. The topological polar surface area (TPSA) is 76.1 Å². The Morgan fingerprint density at radius 3 is 2.71 bits per heavy atom. The third-order valence-electron chi connectivity index (χ3n) is 4.09. The fourth-order valence-corrected chi connectivity index (χ4v) is 2.67.